The standard InChI is InChI=1S/C48H28O2/c1-2-12-30(13-3-1)45-41(36-18-10-20-44-46(36)39-17-8-9-19-43(39)50-44)27-33-25-31-14-4-5-15-32(31)26-40(33)47(45)42-28-49-48-37-22-21-29-11-6-7-16-34(29)35(37)23-24-38(42)48/h1-28H. The lowest BCUT2D eigenvalue weighted by atomic mass is 9.82. The van der Waals surface area contributed by atoms with Gasteiger partial charge >= 0.3 is 0 Å². The second-order valence-corrected chi connectivity index (χ2v) is 13.2. The van der Waals surface area contributed by atoms with Gasteiger partial charge in [0.25, 0.3) is 0 Å². The Kier molecular flexibility index (Phi) is 5.70. The fourth-order valence-electron chi connectivity index (χ4n) is 8.26. The fraction of sp³-hybridized carbons (Fsp3) is 0. The minimum atomic E-state index is 0.885. The summed E-state index contributed by atoms with van der Waals surface area (Å²) in [5.41, 5.74) is 9.56. The summed E-state index contributed by atoms with van der Waals surface area (Å²) in [7, 11) is 0. The smallest absolute Gasteiger partial charge is 0.142 e. The van der Waals surface area contributed by atoms with E-state index >= 15 is 0 Å². The van der Waals surface area contributed by atoms with Gasteiger partial charge in [-0.1, -0.05) is 121 Å². The number of rotatable bonds is 3. The molecule has 0 aliphatic rings. The number of hydrogen-bond acceptors (Lipinski definition) is 2. The molecule has 2 heterocycles. The highest BCUT2D eigenvalue weighted by Crippen LogP contribution is 2.50. The molecule has 2 heteroatoms. The van der Waals surface area contributed by atoms with Gasteiger partial charge in [-0.25, -0.2) is 0 Å². The van der Waals surface area contributed by atoms with E-state index in [4.69, 9.17) is 8.83 Å². The maximum Gasteiger partial charge on any atom is 0.142 e. The molecule has 0 saturated heterocycles. The molecule has 232 valence electrons. The minimum absolute atomic E-state index is 0.885. The van der Waals surface area contributed by atoms with E-state index in [-0.39, 0.29) is 0 Å². The predicted molar refractivity (Wildman–Crippen MR) is 210 cm³/mol. The van der Waals surface area contributed by atoms with Crippen LogP contribution in [0.5, 0.6) is 0 Å². The number of benzene rings is 9. The molecule has 11 aromatic rings. The van der Waals surface area contributed by atoms with Crippen molar-refractivity contribution in [3.05, 3.63) is 170 Å². The Hall–Kier alpha value is -6.64. The molecule has 0 bridgehead atoms. The van der Waals surface area contributed by atoms with Crippen LogP contribution < -0.4 is 0 Å². The van der Waals surface area contributed by atoms with Crippen molar-refractivity contribution in [1.82, 2.24) is 0 Å². The van der Waals surface area contributed by atoms with Gasteiger partial charge in [0.2, 0.25) is 0 Å². The highest BCUT2D eigenvalue weighted by molar-refractivity contribution is 6.23. The van der Waals surface area contributed by atoms with Crippen LogP contribution in [0.4, 0.5) is 0 Å². The molecule has 0 atom stereocenters. The van der Waals surface area contributed by atoms with Gasteiger partial charge in [0, 0.05) is 32.7 Å². The van der Waals surface area contributed by atoms with Crippen LogP contribution in [-0.4, -0.2) is 0 Å². The summed E-state index contributed by atoms with van der Waals surface area (Å²) in [5.74, 6) is 0. The summed E-state index contributed by atoms with van der Waals surface area (Å²) < 4.78 is 13.1. The summed E-state index contributed by atoms with van der Waals surface area (Å²) in [6, 6.07) is 58.8. The largest absolute Gasteiger partial charge is 0.463 e. The molecule has 0 fully saturated rings. The Labute approximate surface area is 287 Å². The van der Waals surface area contributed by atoms with Crippen molar-refractivity contribution in [2.75, 3.05) is 0 Å². The molecule has 11 rings (SSSR count). The number of hydrogen-bond donors (Lipinski definition) is 0. The van der Waals surface area contributed by atoms with Gasteiger partial charge in [0.15, 0.2) is 0 Å². The van der Waals surface area contributed by atoms with Gasteiger partial charge in [0.05, 0.1) is 6.26 Å². The summed E-state index contributed by atoms with van der Waals surface area (Å²) in [6.07, 6.45) is 1.98. The third kappa shape index (κ3) is 3.90. The van der Waals surface area contributed by atoms with Crippen LogP contribution in [0.15, 0.2) is 179 Å². The van der Waals surface area contributed by atoms with E-state index < -0.39 is 0 Å². The Morgan fingerprint density at radius 3 is 1.92 bits per heavy atom. The summed E-state index contributed by atoms with van der Waals surface area (Å²) >= 11 is 0. The van der Waals surface area contributed by atoms with Gasteiger partial charge in [-0.3, -0.25) is 0 Å². The van der Waals surface area contributed by atoms with E-state index in [0.717, 1.165) is 66.1 Å². The van der Waals surface area contributed by atoms with Crippen LogP contribution in [0, 0.1) is 0 Å². The first-order chi connectivity index (χ1) is 24.8. The first-order valence-corrected chi connectivity index (χ1v) is 17.1. The van der Waals surface area contributed by atoms with Gasteiger partial charge in [-0.15, -0.1) is 0 Å². The fourth-order valence-corrected chi connectivity index (χ4v) is 8.26. The van der Waals surface area contributed by atoms with Crippen molar-refractivity contribution in [2.45, 2.75) is 0 Å². The van der Waals surface area contributed by atoms with E-state index in [1.54, 1.807) is 0 Å². The van der Waals surface area contributed by atoms with E-state index in [1.807, 2.05) is 12.3 Å². The Morgan fingerprint density at radius 2 is 1.04 bits per heavy atom. The SMILES string of the molecule is c1ccc(-c2c(-c3cccc4oc5ccccc5c34)cc3cc4ccccc4cc3c2-c2coc3c2ccc2c4ccccc4ccc23)cc1. The van der Waals surface area contributed by atoms with Crippen LogP contribution in [0.1, 0.15) is 0 Å². The molecule has 9 aromatic carbocycles. The highest BCUT2D eigenvalue weighted by Gasteiger charge is 2.24. The molecule has 0 aliphatic heterocycles. The average Bonchev–Trinajstić information content (AvgIpc) is 3.78. The van der Waals surface area contributed by atoms with Crippen molar-refractivity contribution in [2.24, 2.45) is 0 Å². The van der Waals surface area contributed by atoms with Crippen molar-refractivity contribution in [3.8, 4) is 33.4 Å². The molecule has 0 radical (unpaired) electrons. The van der Waals surface area contributed by atoms with Gasteiger partial charge in [-0.2, -0.15) is 0 Å². The van der Waals surface area contributed by atoms with E-state index in [1.165, 1.54) is 43.3 Å². The Balaban J connectivity index is 1.33. The summed E-state index contributed by atoms with van der Waals surface area (Å²) in [5, 5.41) is 12.9. The zero-order valence-electron chi connectivity index (χ0n) is 27.0. The lowest BCUT2D eigenvalue weighted by Gasteiger charge is -2.20. The first-order valence-electron chi connectivity index (χ1n) is 17.1. The Morgan fingerprint density at radius 1 is 0.340 bits per heavy atom. The van der Waals surface area contributed by atoms with E-state index in [9.17, 15) is 0 Å². The van der Waals surface area contributed by atoms with Crippen molar-refractivity contribution >= 4 is 76.0 Å². The molecular weight excluding hydrogens is 609 g/mol. The van der Waals surface area contributed by atoms with Crippen LogP contribution >= 0.6 is 0 Å². The first kappa shape index (κ1) is 27.3. The van der Waals surface area contributed by atoms with E-state index in [2.05, 4.69) is 158 Å². The second kappa shape index (κ2) is 10.4. The van der Waals surface area contributed by atoms with Crippen LogP contribution in [0.2, 0.25) is 0 Å². The highest BCUT2D eigenvalue weighted by atomic mass is 16.3. The van der Waals surface area contributed by atoms with Gasteiger partial charge in [0.1, 0.15) is 16.7 Å². The third-order valence-electron chi connectivity index (χ3n) is 10.5. The molecule has 0 unspecified atom stereocenters. The molecule has 50 heavy (non-hydrogen) atoms. The molecule has 0 spiro atoms. The molecule has 0 saturated carbocycles. The summed E-state index contributed by atoms with van der Waals surface area (Å²) in [6.45, 7) is 0. The molecule has 0 aliphatic carbocycles. The maximum absolute atomic E-state index is 6.64. The lowest BCUT2D eigenvalue weighted by molar-refractivity contribution is 0.620. The van der Waals surface area contributed by atoms with Crippen molar-refractivity contribution in [1.29, 1.82) is 0 Å². The monoisotopic (exact) mass is 636 g/mol. The number of fused-ring (bicyclic) bond motifs is 10. The van der Waals surface area contributed by atoms with E-state index in [0.29, 0.717) is 0 Å². The predicted octanol–water partition coefficient (Wildman–Crippen LogP) is 13.9. The molecule has 2 aromatic heterocycles. The minimum Gasteiger partial charge on any atom is -0.463 e. The van der Waals surface area contributed by atoms with Crippen LogP contribution in [0.25, 0.3) is 109 Å². The normalized spacial score (nSPS) is 12.0. The van der Waals surface area contributed by atoms with Crippen LogP contribution in [-0.2, 0) is 0 Å². The topological polar surface area (TPSA) is 26.3 Å². The zero-order chi connectivity index (χ0) is 32.8. The number of furan rings is 2. The third-order valence-corrected chi connectivity index (χ3v) is 10.5. The quantitative estimate of drug-likeness (QED) is 0.142. The number of para-hydroxylation sites is 1. The van der Waals surface area contributed by atoms with Crippen molar-refractivity contribution < 1.29 is 8.83 Å². The lowest BCUT2D eigenvalue weighted by Crippen LogP contribution is -1.94. The zero-order valence-corrected chi connectivity index (χ0v) is 27.0. The van der Waals surface area contributed by atoms with Gasteiger partial charge < -0.3 is 8.83 Å². The summed E-state index contributed by atoms with van der Waals surface area (Å²) in [4.78, 5) is 0. The van der Waals surface area contributed by atoms with Crippen LogP contribution in [0.3, 0.4) is 0 Å². The molecule has 0 N–H and O–H groups in total. The Bertz CT molecular complexity index is 3140. The van der Waals surface area contributed by atoms with Gasteiger partial charge in [-0.05, 0) is 102 Å². The molecular formula is C48H28O2. The molecule has 0 amide bonds. The maximum atomic E-state index is 6.64. The second-order valence-electron chi connectivity index (χ2n) is 13.2. The molecule has 2 nitrogen and oxygen atoms in total. The average molecular weight is 637 g/mol. The van der Waals surface area contributed by atoms with Crippen molar-refractivity contribution in [3.63, 3.8) is 0 Å².